The minimum Gasteiger partial charge on any atom is -0.478 e. The van der Waals surface area contributed by atoms with Crippen molar-refractivity contribution in [2.45, 2.75) is 58.9 Å². The summed E-state index contributed by atoms with van der Waals surface area (Å²) < 4.78 is 5.48. The fraction of sp³-hybridized carbons (Fsp3) is 0.733. The molecule has 1 aliphatic rings. The van der Waals surface area contributed by atoms with Gasteiger partial charge in [-0.1, -0.05) is 26.2 Å². The van der Waals surface area contributed by atoms with Gasteiger partial charge in [-0.2, -0.15) is 4.98 Å². The predicted octanol–water partition coefficient (Wildman–Crippen LogP) is 3.56. The molecule has 0 aliphatic heterocycles. The van der Waals surface area contributed by atoms with Crippen molar-refractivity contribution in [3.63, 3.8) is 0 Å². The number of aryl methyl sites for hydroxylation is 1. The molecule has 1 saturated carbocycles. The third kappa shape index (κ3) is 4.08. The van der Waals surface area contributed by atoms with Gasteiger partial charge in [0.1, 0.15) is 11.6 Å². The molecule has 2 unspecified atom stereocenters. The standard InChI is InChI=1S/C15H25N3O/c1-4-19-15-10-14(16-12(3)17-15)18-13-9-7-5-6-8-11(13)2/h10-11,13H,4-9H2,1-3H3,(H,16,17,18). The summed E-state index contributed by atoms with van der Waals surface area (Å²) in [6.07, 6.45) is 6.56. The van der Waals surface area contributed by atoms with Gasteiger partial charge < -0.3 is 10.1 Å². The zero-order valence-electron chi connectivity index (χ0n) is 12.3. The summed E-state index contributed by atoms with van der Waals surface area (Å²) in [6, 6.07) is 2.43. The van der Waals surface area contributed by atoms with E-state index < -0.39 is 0 Å². The third-order valence-corrected chi connectivity index (χ3v) is 3.80. The molecule has 4 heteroatoms. The molecule has 1 fully saturated rings. The Balaban J connectivity index is 2.08. The van der Waals surface area contributed by atoms with Gasteiger partial charge >= 0.3 is 0 Å². The van der Waals surface area contributed by atoms with E-state index in [0.29, 0.717) is 24.4 Å². The summed E-state index contributed by atoms with van der Waals surface area (Å²) in [6.45, 7) is 6.85. The Kier molecular flexibility index (Phi) is 5.00. The fourth-order valence-corrected chi connectivity index (χ4v) is 2.73. The summed E-state index contributed by atoms with van der Waals surface area (Å²) in [5, 5.41) is 3.58. The van der Waals surface area contributed by atoms with Crippen LogP contribution in [0.1, 0.15) is 51.8 Å². The van der Waals surface area contributed by atoms with Crippen LogP contribution in [0.4, 0.5) is 5.82 Å². The van der Waals surface area contributed by atoms with E-state index in [0.717, 1.165) is 11.6 Å². The van der Waals surface area contributed by atoms with Gasteiger partial charge in [0.15, 0.2) is 0 Å². The van der Waals surface area contributed by atoms with Crippen LogP contribution in [0.2, 0.25) is 0 Å². The third-order valence-electron chi connectivity index (χ3n) is 3.80. The van der Waals surface area contributed by atoms with Crippen molar-refractivity contribution in [1.82, 2.24) is 9.97 Å². The van der Waals surface area contributed by atoms with Crippen LogP contribution in [0, 0.1) is 12.8 Å². The van der Waals surface area contributed by atoms with Gasteiger partial charge in [0.2, 0.25) is 5.88 Å². The first-order valence-electron chi connectivity index (χ1n) is 7.44. The van der Waals surface area contributed by atoms with Crippen LogP contribution in [0.5, 0.6) is 5.88 Å². The molecule has 1 aromatic rings. The van der Waals surface area contributed by atoms with Crippen LogP contribution in [-0.2, 0) is 0 Å². The number of rotatable bonds is 4. The topological polar surface area (TPSA) is 47.0 Å². The van der Waals surface area contributed by atoms with Crippen molar-refractivity contribution < 1.29 is 4.74 Å². The van der Waals surface area contributed by atoms with E-state index in [9.17, 15) is 0 Å². The Morgan fingerprint density at radius 2 is 2.05 bits per heavy atom. The summed E-state index contributed by atoms with van der Waals surface area (Å²) >= 11 is 0. The molecule has 1 aromatic heterocycles. The second-order valence-electron chi connectivity index (χ2n) is 5.44. The molecule has 4 nitrogen and oxygen atoms in total. The van der Waals surface area contributed by atoms with Gasteiger partial charge in [-0.3, -0.25) is 0 Å². The molecule has 0 spiro atoms. The van der Waals surface area contributed by atoms with E-state index in [-0.39, 0.29) is 0 Å². The van der Waals surface area contributed by atoms with E-state index >= 15 is 0 Å². The number of aromatic nitrogens is 2. The van der Waals surface area contributed by atoms with Gasteiger partial charge in [-0.25, -0.2) is 4.98 Å². The number of hydrogen-bond donors (Lipinski definition) is 1. The highest BCUT2D eigenvalue weighted by atomic mass is 16.5. The largest absolute Gasteiger partial charge is 0.478 e. The maximum atomic E-state index is 5.48. The van der Waals surface area contributed by atoms with E-state index in [1.807, 2.05) is 19.9 Å². The van der Waals surface area contributed by atoms with Crippen LogP contribution < -0.4 is 10.1 Å². The van der Waals surface area contributed by atoms with Crippen LogP contribution in [0.25, 0.3) is 0 Å². The van der Waals surface area contributed by atoms with Gasteiger partial charge in [-0.15, -0.1) is 0 Å². The molecule has 2 atom stereocenters. The van der Waals surface area contributed by atoms with Gasteiger partial charge in [0.25, 0.3) is 0 Å². The lowest BCUT2D eigenvalue weighted by atomic mass is 9.97. The van der Waals surface area contributed by atoms with Gasteiger partial charge in [0.05, 0.1) is 6.61 Å². The number of ether oxygens (including phenoxy) is 1. The Morgan fingerprint density at radius 1 is 1.26 bits per heavy atom. The molecular weight excluding hydrogens is 238 g/mol. The zero-order valence-corrected chi connectivity index (χ0v) is 12.3. The number of nitrogens with one attached hydrogen (secondary N) is 1. The lowest BCUT2D eigenvalue weighted by molar-refractivity contribution is 0.325. The first-order valence-corrected chi connectivity index (χ1v) is 7.44. The van der Waals surface area contributed by atoms with Crippen LogP contribution in [0.15, 0.2) is 6.07 Å². The SMILES string of the molecule is CCOc1cc(NC2CCCCCC2C)nc(C)n1. The van der Waals surface area contributed by atoms with Crippen molar-refractivity contribution in [3.05, 3.63) is 11.9 Å². The molecule has 0 aromatic carbocycles. The van der Waals surface area contributed by atoms with Crippen LogP contribution in [-0.4, -0.2) is 22.6 Å². The van der Waals surface area contributed by atoms with E-state index in [1.165, 1.54) is 32.1 Å². The summed E-state index contributed by atoms with van der Waals surface area (Å²) in [5.74, 6) is 3.02. The molecule has 106 valence electrons. The molecule has 0 bridgehead atoms. The van der Waals surface area contributed by atoms with Crippen molar-refractivity contribution >= 4 is 5.82 Å². The molecule has 0 radical (unpaired) electrons. The van der Waals surface area contributed by atoms with E-state index in [1.54, 1.807) is 0 Å². The van der Waals surface area contributed by atoms with Gasteiger partial charge in [0, 0.05) is 12.1 Å². The second kappa shape index (κ2) is 6.73. The van der Waals surface area contributed by atoms with Crippen LogP contribution >= 0.6 is 0 Å². The molecule has 1 N–H and O–H groups in total. The lowest BCUT2D eigenvalue weighted by Crippen LogP contribution is -2.26. The first-order chi connectivity index (χ1) is 9.19. The summed E-state index contributed by atoms with van der Waals surface area (Å²) in [5.41, 5.74) is 0. The molecule has 2 rings (SSSR count). The van der Waals surface area contributed by atoms with Crippen molar-refractivity contribution in [2.75, 3.05) is 11.9 Å². The van der Waals surface area contributed by atoms with Crippen molar-refractivity contribution in [2.24, 2.45) is 5.92 Å². The molecule has 0 amide bonds. The normalized spacial score (nSPS) is 23.7. The minimum atomic E-state index is 0.520. The van der Waals surface area contributed by atoms with Crippen LogP contribution in [0.3, 0.4) is 0 Å². The minimum absolute atomic E-state index is 0.520. The Hall–Kier alpha value is -1.32. The highest BCUT2D eigenvalue weighted by Crippen LogP contribution is 2.26. The lowest BCUT2D eigenvalue weighted by Gasteiger charge is -2.23. The molecule has 1 heterocycles. The Labute approximate surface area is 116 Å². The number of nitrogens with zero attached hydrogens (tertiary/aromatic N) is 2. The highest BCUT2D eigenvalue weighted by molar-refractivity contribution is 5.39. The highest BCUT2D eigenvalue weighted by Gasteiger charge is 2.20. The number of anilines is 1. The second-order valence-corrected chi connectivity index (χ2v) is 5.44. The van der Waals surface area contributed by atoms with Crippen molar-refractivity contribution in [3.8, 4) is 5.88 Å². The van der Waals surface area contributed by atoms with Gasteiger partial charge in [-0.05, 0) is 32.6 Å². The molecular formula is C15H25N3O. The summed E-state index contributed by atoms with van der Waals surface area (Å²) in [4.78, 5) is 8.75. The average molecular weight is 263 g/mol. The predicted molar refractivity (Wildman–Crippen MR) is 77.6 cm³/mol. The summed E-state index contributed by atoms with van der Waals surface area (Å²) in [7, 11) is 0. The Morgan fingerprint density at radius 3 is 2.84 bits per heavy atom. The smallest absolute Gasteiger partial charge is 0.218 e. The average Bonchev–Trinajstić information content (AvgIpc) is 2.55. The van der Waals surface area contributed by atoms with E-state index in [2.05, 4.69) is 22.2 Å². The van der Waals surface area contributed by atoms with E-state index in [4.69, 9.17) is 4.74 Å². The zero-order chi connectivity index (χ0) is 13.7. The molecule has 19 heavy (non-hydrogen) atoms. The fourth-order valence-electron chi connectivity index (χ4n) is 2.73. The first kappa shape index (κ1) is 14.1. The molecule has 0 saturated heterocycles. The maximum absolute atomic E-state index is 5.48. The Bertz CT molecular complexity index is 408. The van der Waals surface area contributed by atoms with Crippen molar-refractivity contribution in [1.29, 1.82) is 0 Å². The molecule has 1 aliphatic carbocycles. The quantitative estimate of drug-likeness (QED) is 0.844. The monoisotopic (exact) mass is 263 g/mol. The number of hydrogen-bond acceptors (Lipinski definition) is 4. The maximum Gasteiger partial charge on any atom is 0.218 e.